The van der Waals surface area contributed by atoms with Crippen LogP contribution in [0, 0.1) is 0 Å². The number of aliphatic hydroxyl groups is 1. The molecule has 0 bridgehead atoms. The van der Waals surface area contributed by atoms with Crippen LogP contribution in [0.2, 0.25) is 0 Å². The van der Waals surface area contributed by atoms with Crippen LogP contribution in [-0.4, -0.2) is 32.1 Å². The highest BCUT2D eigenvalue weighted by molar-refractivity contribution is 7.99. The van der Waals surface area contributed by atoms with Gasteiger partial charge in [-0.1, -0.05) is 18.2 Å². The summed E-state index contributed by atoms with van der Waals surface area (Å²) in [4.78, 5) is 1.12. The minimum Gasteiger partial charge on any atom is -0.396 e. The van der Waals surface area contributed by atoms with Crippen LogP contribution < -0.4 is 0 Å². The Kier molecular flexibility index (Phi) is 3.48. The highest BCUT2D eigenvalue weighted by Crippen LogP contribution is 2.24. The van der Waals surface area contributed by atoms with E-state index in [4.69, 9.17) is 5.11 Å². The molecule has 0 aliphatic carbocycles. The van der Waals surface area contributed by atoms with E-state index in [2.05, 4.69) is 16.3 Å². The smallest absolute Gasteiger partial charge is 0.168 e. The lowest BCUT2D eigenvalue weighted by Crippen LogP contribution is -1.89. The first kappa shape index (κ1) is 12.2. The Morgan fingerprint density at radius 1 is 1.11 bits per heavy atom. The summed E-state index contributed by atoms with van der Waals surface area (Å²) in [5.41, 5.74) is 1.87. The standard InChI is InChI=1S/C14H13N3OS/c18-8-9-19-12-5-3-4-11(10-12)14-16-15-13-6-1-2-7-17(13)14/h1-7,10,18H,8-9H2. The zero-order valence-electron chi connectivity index (χ0n) is 10.2. The van der Waals surface area contributed by atoms with Crippen molar-refractivity contribution in [1.82, 2.24) is 14.6 Å². The molecule has 5 heteroatoms. The van der Waals surface area contributed by atoms with E-state index in [0.29, 0.717) is 5.75 Å². The van der Waals surface area contributed by atoms with Gasteiger partial charge in [0, 0.05) is 22.4 Å². The van der Waals surface area contributed by atoms with Gasteiger partial charge in [0.2, 0.25) is 0 Å². The fourth-order valence-corrected chi connectivity index (χ4v) is 2.64. The van der Waals surface area contributed by atoms with Gasteiger partial charge in [0.1, 0.15) is 0 Å². The molecule has 0 unspecified atom stereocenters. The molecular weight excluding hydrogens is 258 g/mol. The lowest BCUT2D eigenvalue weighted by molar-refractivity contribution is 0.322. The number of benzene rings is 1. The van der Waals surface area contributed by atoms with Gasteiger partial charge in [-0.2, -0.15) is 0 Å². The van der Waals surface area contributed by atoms with Gasteiger partial charge in [-0.3, -0.25) is 4.40 Å². The van der Waals surface area contributed by atoms with Gasteiger partial charge in [-0.25, -0.2) is 0 Å². The van der Waals surface area contributed by atoms with Crippen LogP contribution in [0.4, 0.5) is 0 Å². The van der Waals surface area contributed by atoms with Crippen molar-refractivity contribution in [3.8, 4) is 11.4 Å². The van der Waals surface area contributed by atoms with Crippen LogP contribution in [0.5, 0.6) is 0 Å². The van der Waals surface area contributed by atoms with Crippen LogP contribution in [0.15, 0.2) is 53.6 Å². The van der Waals surface area contributed by atoms with Gasteiger partial charge in [0.25, 0.3) is 0 Å². The molecule has 3 rings (SSSR count). The molecule has 0 fully saturated rings. The molecule has 0 radical (unpaired) electrons. The molecule has 0 amide bonds. The molecule has 96 valence electrons. The van der Waals surface area contributed by atoms with E-state index >= 15 is 0 Å². The van der Waals surface area contributed by atoms with Gasteiger partial charge in [0.05, 0.1) is 6.61 Å². The third kappa shape index (κ3) is 2.47. The molecule has 0 atom stereocenters. The van der Waals surface area contributed by atoms with E-state index < -0.39 is 0 Å². The largest absolute Gasteiger partial charge is 0.396 e. The number of hydrogen-bond donors (Lipinski definition) is 1. The number of aliphatic hydroxyl groups excluding tert-OH is 1. The molecule has 0 aliphatic rings. The highest BCUT2D eigenvalue weighted by Gasteiger charge is 2.07. The summed E-state index contributed by atoms with van der Waals surface area (Å²) < 4.78 is 1.97. The second kappa shape index (κ2) is 5.42. The van der Waals surface area contributed by atoms with Gasteiger partial charge in [0.15, 0.2) is 11.5 Å². The van der Waals surface area contributed by atoms with Crippen LogP contribution >= 0.6 is 11.8 Å². The molecule has 1 aromatic carbocycles. The van der Waals surface area contributed by atoms with Gasteiger partial charge >= 0.3 is 0 Å². The summed E-state index contributed by atoms with van der Waals surface area (Å²) in [5.74, 6) is 1.53. The zero-order valence-corrected chi connectivity index (χ0v) is 11.0. The fourth-order valence-electron chi connectivity index (χ4n) is 1.93. The van der Waals surface area contributed by atoms with Crippen molar-refractivity contribution in [2.45, 2.75) is 4.90 Å². The van der Waals surface area contributed by atoms with E-state index in [1.807, 2.05) is 47.0 Å². The average Bonchev–Trinajstić information content (AvgIpc) is 2.89. The molecule has 2 aromatic heterocycles. The first-order chi connectivity index (χ1) is 9.38. The minimum atomic E-state index is 0.183. The predicted molar refractivity (Wildman–Crippen MR) is 76.2 cm³/mol. The minimum absolute atomic E-state index is 0.183. The number of aromatic nitrogens is 3. The van der Waals surface area contributed by atoms with Crippen molar-refractivity contribution < 1.29 is 5.11 Å². The van der Waals surface area contributed by atoms with Crippen molar-refractivity contribution in [3.63, 3.8) is 0 Å². The molecule has 0 aliphatic heterocycles. The van der Waals surface area contributed by atoms with Crippen molar-refractivity contribution >= 4 is 17.4 Å². The Balaban J connectivity index is 2.01. The van der Waals surface area contributed by atoms with Crippen LogP contribution in [-0.2, 0) is 0 Å². The lowest BCUT2D eigenvalue weighted by Gasteiger charge is -2.03. The van der Waals surface area contributed by atoms with Crippen LogP contribution in [0.1, 0.15) is 0 Å². The third-order valence-electron chi connectivity index (χ3n) is 2.77. The molecule has 0 saturated heterocycles. The summed E-state index contributed by atoms with van der Waals surface area (Å²) in [6.45, 7) is 0.183. The number of fused-ring (bicyclic) bond motifs is 1. The van der Waals surface area contributed by atoms with E-state index in [9.17, 15) is 0 Å². The quantitative estimate of drug-likeness (QED) is 0.741. The molecule has 2 heterocycles. The van der Waals surface area contributed by atoms with Crippen molar-refractivity contribution in [2.24, 2.45) is 0 Å². The van der Waals surface area contributed by atoms with Gasteiger partial charge in [-0.05, 0) is 24.3 Å². The molecule has 1 N–H and O–H groups in total. The Morgan fingerprint density at radius 3 is 2.95 bits per heavy atom. The van der Waals surface area contributed by atoms with Crippen LogP contribution in [0.3, 0.4) is 0 Å². The monoisotopic (exact) mass is 271 g/mol. The Labute approximate surface area is 115 Å². The number of hydrogen-bond acceptors (Lipinski definition) is 4. The molecular formula is C14H13N3OS. The molecule has 19 heavy (non-hydrogen) atoms. The number of rotatable bonds is 4. The number of nitrogens with zero attached hydrogens (tertiary/aromatic N) is 3. The first-order valence-corrected chi connectivity index (χ1v) is 7.01. The maximum atomic E-state index is 8.87. The molecule has 4 nitrogen and oxygen atoms in total. The number of pyridine rings is 1. The Morgan fingerprint density at radius 2 is 2.05 bits per heavy atom. The first-order valence-electron chi connectivity index (χ1n) is 6.02. The second-order valence-corrected chi connectivity index (χ2v) is 5.22. The summed E-state index contributed by atoms with van der Waals surface area (Å²) in [5, 5.41) is 17.3. The van der Waals surface area contributed by atoms with E-state index in [0.717, 1.165) is 21.9 Å². The normalized spacial score (nSPS) is 11.0. The third-order valence-corrected chi connectivity index (χ3v) is 3.74. The fraction of sp³-hybridized carbons (Fsp3) is 0.143. The van der Waals surface area contributed by atoms with Gasteiger partial charge in [-0.15, -0.1) is 22.0 Å². The van der Waals surface area contributed by atoms with E-state index in [1.54, 1.807) is 11.8 Å². The lowest BCUT2D eigenvalue weighted by atomic mass is 10.2. The molecule has 3 aromatic rings. The maximum Gasteiger partial charge on any atom is 0.168 e. The molecule has 0 saturated carbocycles. The summed E-state index contributed by atoms with van der Waals surface area (Å²) in [6, 6.07) is 14.0. The topological polar surface area (TPSA) is 50.4 Å². The van der Waals surface area contributed by atoms with E-state index in [1.165, 1.54) is 0 Å². The van der Waals surface area contributed by atoms with Crippen LogP contribution in [0.25, 0.3) is 17.0 Å². The highest BCUT2D eigenvalue weighted by atomic mass is 32.2. The van der Waals surface area contributed by atoms with Gasteiger partial charge < -0.3 is 5.11 Å². The van der Waals surface area contributed by atoms with Crippen molar-refractivity contribution in [3.05, 3.63) is 48.7 Å². The SMILES string of the molecule is OCCSc1cccc(-c2nnc3ccccn23)c1. The zero-order chi connectivity index (χ0) is 13.1. The summed E-state index contributed by atoms with van der Waals surface area (Å²) in [7, 11) is 0. The van der Waals surface area contributed by atoms with E-state index in [-0.39, 0.29) is 6.61 Å². The number of thioether (sulfide) groups is 1. The maximum absolute atomic E-state index is 8.87. The van der Waals surface area contributed by atoms with Crippen molar-refractivity contribution in [1.29, 1.82) is 0 Å². The Hall–Kier alpha value is -1.85. The van der Waals surface area contributed by atoms with Crippen molar-refractivity contribution in [2.75, 3.05) is 12.4 Å². The average molecular weight is 271 g/mol. The summed E-state index contributed by atoms with van der Waals surface area (Å²) >= 11 is 1.63. The molecule has 0 spiro atoms. The summed E-state index contributed by atoms with van der Waals surface area (Å²) in [6.07, 6.45) is 1.96. The Bertz CT molecular complexity index is 696. The predicted octanol–water partition coefficient (Wildman–Crippen LogP) is 2.48. The second-order valence-electron chi connectivity index (χ2n) is 4.05.